The molecule has 0 radical (unpaired) electrons. The van der Waals surface area contributed by atoms with Crippen LogP contribution in [0, 0.1) is 0 Å². The number of benzene rings is 1. The highest BCUT2D eigenvalue weighted by atomic mass is 32.1. The van der Waals surface area contributed by atoms with Gasteiger partial charge in [0.25, 0.3) is 0 Å². The number of aryl methyl sites for hydroxylation is 3. The molecule has 0 bridgehead atoms. The van der Waals surface area contributed by atoms with Gasteiger partial charge in [-0.3, -0.25) is 0 Å². The Bertz CT molecular complexity index is 666. The van der Waals surface area contributed by atoms with Crippen LogP contribution in [-0.2, 0) is 19.3 Å². The Hall–Kier alpha value is -2.08. The van der Waals surface area contributed by atoms with E-state index in [2.05, 4.69) is 4.98 Å². The van der Waals surface area contributed by atoms with Crippen molar-refractivity contribution in [3.05, 3.63) is 39.3 Å². The summed E-state index contributed by atoms with van der Waals surface area (Å²) in [5.74, 6) is 0.449. The molecule has 0 saturated carbocycles. The molecule has 0 spiro atoms. The molecule has 0 unspecified atom stereocenters. The molecule has 1 heterocycles. The number of rotatable bonds is 7. The lowest BCUT2D eigenvalue weighted by molar-refractivity contribution is 0.0700. The lowest BCUT2D eigenvalue weighted by Crippen LogP contribution is -2.01. The number of hydrogen-bond acceptors (Lipinski definition) is 5. The third-order valence-electron chi connectivity index (χ3n) is 3.34. The fourth-order valence-corrected chi connectivity index (χ4v) is 3.08. The molecule has 2 rings (SSSR count). The maximum Gasteiger partial charge on any atom is 0.347 e. The van der Waals surface area contributed by atoms with E-state index in [1.807, 2.05) is 25.1 Å². The summed E-state index contributed by atoms with van der Waals surface area (Å²) in [7, 11) is 3.19. The molecule has 2 aromatic rings. The van der Waals surface area contributed by atoms with Gasteiger partial charge >= 0.3 is 5.97 Å². The van der Waals surface area contributed by atoms with Crippen LogP contribution in [0.5, 0.6) is 11.5 Å². The normalized spacial score (nSPS) is 10.5. The first kappa shape index (κ1) is 16.3. The zero-order chi connectivity index (χ0) is 16.1. The van der Waals surface area contributed by atoms with Gasteiger partial charge in [-0.25, -0.2) is 9.78 Å². The lowest BCUT2D eigenvalue weighted by Gasteiger charge is -2.09. The number of carboxylic acids is 1. The summed E-state index contributed by atoms with van der Waals surface area (Å²) in [6.45, 7) is 1.97. The van der Waals surface area contributed by atoms with E-state index in [1.165, 1.54) is 11.3 Å². The van der Waals surface area contributed by atoms with Crippen LogP contribution >= 0.6 is 11.3 Å². The predicted molar refractivity (Wildman–Crippen MR) is 85.4 cm³/mol. The van der Waals surface area contributed by atoms with Crippen molar-refractivity contribution in [3.63, 3.8) is 0 Å². The highest BCUT2D eigenvalue weighted by molar-refractivity contribution is 7.13. The minimum absolute atomic E-state index is 0.345. The molecule has 0 aliphatic heterocycles. The number of aromatic nitrogens is 1. The average Bonchev–Trinajstić information content (AvgIpc) is 2.96. The Morgan fingerprint density at radius 3 is 2.55 bits per heavy atom. The molecule has 1 aromatic heterocycles. The van der Waals surface area contributed by atoms with Crippen molar-refractivity contribution >= 4 is 17.3 Å². The average molecular weight is 321 g/mol. The van der Waals surface area contributed by atoms with Crippen LogP contribution in [0.4, 0.5) is 0 Å². The first-order valence-electron chi connectivity index (χ1n) is 7.01. The zero-order valence-corrected chi connectivity index (χ0v) is 13.7. The number of thiazole rings is 1. The van der Waals surface area contributed by atoms with Gasteiger partial charge in [-0.15, -0.1) is 11.3 Å². The van der Waals surface area contributed by atoms with Crippen molar-refractivity contribution in [1.29, 1.82) is 0 Å². The quantitative estimate of drug-likeness (QED) is 0.848. The summed E-state index contributed by atoms with van der Waals surface area (Å²) in [5, 5.41) is 10.1. The van der Waals surface area contributed by atoms with Crippen molar-refractivity contribution < 1.29 is 19.4 Å². The molecule has 0 aliphatic carbocycles. The highest BCUT2D eigenvalue weighted by Gasteiger charge is 2.16. The number of methoxy groups -OCH3 is 2. The third kappa shape index (κ3) is 3.57. The molecule has 0 atom stereocenters. The van der Waals surface area contributed by atoms with Gasteiger partial charge in [0.15, 0.2) is 11.5 Å². The standard InChI is InChI=1S/C16H19NO4S/c1-4-14-17-11(15(22-14)16(18)19)7-5-10-6-8-12(20-2)13(9-10)21-3/h6,8-9H,4-5,7H2,1-3H3,(H,18,19). The van der Waals surface area contributed by atoms with E-state index in [4.69, 9.17) is 9.47 Å². The van der Waals surface area contributed by atoms with Gasteiger partial charge in [-0.05, 0) is 37.0 Å². The van der Waals surface area contributed by atoms with E-state index in [1.54, 1.807) is 14.2 Å². The molecule has 0 fully saturated rings. The summed E-state index contributed by atoms with van der Waals surface area (Å²) < 4.78 is 10.5. The second-order valence-electron chi connectivity index (χ2n) is 4.73. The Morgan fingerprint density at radius 2 is 1.95 bits per heavy atom. The van der Waals surface area contributed by atoms with Gasteiger partial charge in [0.2, 0.25) is 0 Å². The number of aromatic carboxylic acids is 1. The molecule has 0 amide bonds. The number of nitrogens with zero attached hydrogens (tertiary/aromatic N) is 1. The Kier molecular flexibility index (Phi) is 5.38. The van der Waals surface area contributed by atoms with E-state index >= 15 is 0 Å². The first-order valence-corrected chi connectivity index (χ1v) is 7.83. The predicted octanol–water partition coefficient (Wildman–Crippen LogP) is 3.21. The van der Waals surface area contributed by atoms with Crippen molar-refractivity contribution in [2.45, 2.75) is 26.2 Å². The summed E-state index contributed by atoms with van der Waals surface area (Å²) in [5.41, 5.74) is 1.71. The van der Waals surface area contributed by atoms with Gasteiger partial charge in [0, 0.05) is 0 Å². The zero-order valence-electron chi connectivity index (χ0n) is 12.9. The molecule has 5 nitrogen and oxygen atoms in total. The molecular formula is C16H19NO4S. The number of ether oxygens (including phenoxy) is 2. The van der Waals surface area contributed by atoms with E-state index in [0.717, 1.165) is 17.0 Å². The summed E-state index contributed by atoms with van der Waals surface area (Å²) in [6, 6.07) is 5.71. The Balaban J connectivity index is 2.16. The maximum atomic E-state index is 11.3. The van der Waals surface area contributed by atoms with Gasteiger partial charge in [-0.1, -0.05) is 13.0 Å². The van der Waals surface area contributed by atoms with Crippen LogP contribution in [-0.4, -0.2) is 30.3 Å². The van der Waals surface area contributed by atoms with Crippen molar-refractivity contribution in [2.24, 2.45) is 0 Å². The van der Waals surface area contributed by atoms with Crippen molar-refractivity contribution in [1.82, 2.24) is 4.98 Å². The summed E-state index contributed by atoms with van der Waals surface area (Å²) in [6.07, 6.45) is 2.04. The molecule has 6 heteroatoms. The summed E-state index contributed by atoms with van der Waals surface area (Å²) >= 11 is 1.26. The van der Waals surface area contributed by atoms with E-state index in [0.29, 0.717) is 34.9 Å². The molecule has 118 valence electrons. The van der Waals surface area contributed by atoms with Crippen LogP contribution in [0.3, 0.4) is 0 Å². The van der Waals surface area contributed by atoms with E-state index in [-0.39, 0.29) is 0 Å². The SMILES string of the molecule is CCc1nc(CCc2ccc(OC)c(OC)c2)c(C(=O)O)s1. The highest BCUT2D eigenvalue weighted by Crippen LogP contribution is 2.28. The van der Waals surface area contributed by atoms with Crippen molar-refractivity contribution in [2.75, 3.05) is 14.2 Å². The second kappa shape index (κ2) is 7.26. The van der Waals surface area contributed by atoms with Crippen LogP contribution in [0.2, 0.25) is 0 Å². The molecule has 0 aliphatic rings. The minimum atomic E-state index is -0.903. The number of carbonyl (C=O) groups is 1. The fraction of sp³-hybridized carbons (Fsp3) is 0.375. The van der Waals surface area contributed by atoms with E-state index in [9.17, 15) is 9.90 Å². The van der Waals surface area contributed by atoms with Gasteiger partial charge in [0.1, 0.15) is 4.88 Å². The van der Waals surface area contributed by atoms with Gasteiger partial charge < -0.3 is 14.6 Å². The van der Waals surface area contributed by atoms with Crippen molar-refractivity contribution in [3.8, 4) is 11.5 Å². The monoisotopic (exact) mass is 321 g/mol. The number of carboxylic acid groups (broad SMARTS) is 1. The Labute approximate surface area is 133 Å². The molecule has 0 saturated heterocycles. The fourth-order valence-electron chi connectivity index (χ4n) is 2.19. The molecular weight excluding hydrogens is 302 g/mol. The third-order valence-corrected chi connectivity index (χ3v) is 4.57. The first-order chi connectivity index (χ1) is 10.6. The molecule has 1 N–H and O–H groups in total. The largest absolute Gasteiger partial charge is 0.493 e. The molecule has 1 aromatic carbocycles. The van der Waals surface area contributed by atoms with Gasteiger partial charge in [-0.2, -0.15) is 0 Å². The summed E-state index contributed by atoms with van der Waals surface area (Å²) in [4.78, 5) is 16.0. The van der Waals surface area contributed by atoms with Crippen LogP contribution < -0.4 is 9.47 Å². The lowest BCUT2D eigenvalue weighted by atomic mass is 10.1. The smallest absolute Gasteiger partial charge is 0.347 e. The van der Waals surface area contributed by atoms with E-state index < -0.39 is 5.97 Å². The van der Waals surface area contributed by atoms with Crippen LogP contribution in [0.1, 0.15) is 32.9 Å². The van der Waals surface area contributed by atoms with Crippen LogP contribution in [0.25, 0.3) is 0 Å². The molecule has 22 heavy (non-hydrogen) atoms. The number of hydrogen-bond donors (Lipinski definition) is 1. The maximum absolute atomic E-state index is 11.3. The minimum Gasteiger partial charge on any atom is -0.493 e. The van der Waals surface area contributed by atoms with Gasteiger partial charge in [0.05, 0.1) is 24.9 Å². The Morgan fingerprint density at radius 1 is 1.23 bits per heavy atom. The second-order valence-corrected chi connectivity index (χ2v) is 5.82. The van der Waals surface area contributed by atoms with Crippen LogP contribution in [0.15, 0.2) is 18.2 Å². The topological polar surface area (TPSA) is 68.7 Å².